The largest absolute Gasteiger partial charge is 0.462 e. The second-order valence-electron chi connectivity index (χ2n) is 8.46. The maximum absolute atomic E-state index is 13.1. The van der Waals surface area contributed by atoms with Gasteiger partial charge >= 0.3 is 5.97 Å². The number of carbonyl (C=O) groups excluding carboxylic acids is 1. The van der Waals surface area contributed by atoms with Crippen molar-refractivity contribution in [2.24, 2.45) is 0 Å². The molecule has 160 valence electrons. The Balaban J connectivity index is 1.34. The van der Waals surface area contributed by atoms with Gasteiger partial charge in [-0.05, 0) is 25.7 Å². The van der Waals surface area contributed by atoms with Gasteiger partial charge in [-0.25, -0.2) is 0 Å². The third-order valence-corrected chi connectivity index (χ3v) is 6.88. The van der Waals surface area contributed by atoms with Gasteiger partial charge in [0.2, 0.25) is 0 Å². The normalized spacial score (nSPS) is 31.5. The van der Waals surface area contributed by atoms with Gasteiger partial charge in [0.25, 0.3) is 0 Å². The predicted molar refractivity (Wildman–Crippen MR) is 111 cm³/mol. The van der Waals surface area contributed by atoms with Crippen molar-refractivity contribution in [2.75, 3.05) is 39.9 Å². The number of esters is 1. The highest BCUT2D eigenvalue weighted by Crippen LogP contribution is 2.48. The highest BCUT2D eigenvalue weighted by atomic mass is 16.6. The molecule has 3 saturated heterocycles. The molecular weight excluding hydrogens is 368 g/mol. The Morgan fingerprint density at radius 2 is 1.83 bits per heavy atom. The van der Waals surface area contributed by atoms with Crippen LogP contribution in [0.1, 0.15) is 38.2 Å². The Hall–Kier alpha value is -1.47. The van der Waals surface area contributed by atoms with Crippen molar-refractivity contribution in [1.82, 2.24) is 9.80 Å². The fraction of sp³-hybridized carbons (Fsp3) is 0.696. The van der Waals surface area contributed by atoms with Gasteiger partial charge in [-0.3, -0.25) is 9.69 Å². The zero-order chi connectivity index (χ0) is 20.4. The highest BCUT2D eigenvalue weighted by Gasteiger charge is 2.62. The second-order valence-corrected chi connectivity index (χ2v) is 8.46. The number of hydrogen-bond donors (Lipinski definition) is 0. The molecule has 0 amide bonds. The summed E-state index contributed by atoms with van der Waals surface area (Å²) >= 11 is 0. The molecule has 0 spiro atoms. The molecular formula is C23H34N2O4. The van der Waals surface area contributed by atoms with Crippen molar-refractivity contribution < 1.29 is 19.0 Å². The highest BCUT2D eigenvalue weighted by molar-refractivity contribution is 5.78. The van der Waals surface area contributed by atoms with E-state index in [1.165, 1.54) is 0 Å². The number of piperidine rings is 1. The van der Waals surface area contributed by atoms with Crippen molar-refractivity contribution in [3.63, 3.8) is 0 Å². The standard InChI is InChI=1S/C23H34N2O4/c1-4-25(5-2)11-12-27-15-18(16-9-7-6-8-10-16)23(26)28-17-13-19-21-22(29-21)20(14-17)24(19)3/h6-10,17-22H,4-5,11-15H2,1-3H3/t17-,18-,19-,20+,21-,22+/m1/s1. The molecule has 6 heteroatoms. The van der Waals surface area contributed by atoms with Crippen LogP contribution in [0.3, 0.4) is 0 Å². The van der Waals surface area contributed by atoms with E-state index in [4.69, 9.17) is 14.2 Å². The van der Waals surface area contributed by atoms with E-state index in [1.807, 2.05) is 30.3 Å². The smallest absolute Gasteiger partial charge is 0.316 e. The lowest BCUT2D eigenvalue weighted by Crippen LogP contribution is -2.48. The van der Waals surface area contributed by atoms with Crippen molar-refractivity contribution in [3.05, 3.63) is 35.9 Å². The summed E-state index contributed by atoms with van der Waals surface area (Å²) in [5.74, 6) is -0.543. The molecule has 3 fully saturated rings. The molecule has 0 aromatic heterocycles. The van der Waals surface area contributed by atoms with E-state index in [0.29, 0.717) is 37.5 Å². The Bertz CT molecular complexity index is 663. The molecule has 0 saturated carbocycles. The van der Waals surface area contributed by atoms with E-state index in [9.17, 15) is 4.79 Å². The van der Waals surface area contributed by atoms with Gasteiger partial charge in [0.15, 0.2) is 0 Å². The predicted octanol–water partition coefficient (Wildman–Crippen LogP) is 2.28. The molecule has 0 unspecified atom stereocenters. The van der Waals surface area contributed by atoms with E-state index in [0.717, 1.165) is 38.0 Å². The number of fused-ring (bicyclic) bond motifs is 5. The van der Waals surface area contributed by atoms with Crippen LogP contribution in [0.2, 0.25) is 0 Å². The number of rotatable bonds is 10. The molecule has 2 bridgehead atoms. The summed E-state index contributed by atoms with van der Waals surface area (Å²) in [5, 5.41) is 0. The van der Waals surface area contributed by atoms with Gasteiger partial charge in [-0.15, -0.1) is 0 Å². The van der Waals surface area contributed by atoms with Crippen LogP contribution in [-0.4, -0.2) is 86.1 Å². The van der Waals surface area contributed by atoms with Crippen molar-refractivity contribution in [3.8, 4) is 0 Å². The molecule has 0 N–H and O–H groups in total. The van der Waals surface area contributed by atoms with Gasteiger partial charge < -0.3 is 19.1 Å². The number of morpholine rings is 1. The van der Waals surface area contributed by atoms with Crippen molar-refractivity contribution in [1.29, 1.82) is 0 Å². The maximum Gasteiger partial charge on any atom is 0.316 e. The number of ether oxygens (including phenoxy) is 3. The van der Waals surface area contributed by atoms with Gasteiger partial charge in [0.1, 0.15) is 24.2 Å². The summed E-state index contributed by atoms with van der Waals surface area (Å²) in [6.45, 7) is 8.18. The minimum absolute atomic E-state index is 0.0213. The molecule has 29 heavy (non-hydrogen) atoms. The molecule has 6 atom stereocenters. The van der Waals surface area contributed by atoms with Gasteiger partial charge in [0.05, 0.1) is 13.2 Å². The van der Waals surface area contributed by atoms with Crippen molar-refractivity contribution in [2.45, 2.75) is 63.0 Å². The van der Waals surface area contributed by atoms with E-state index < -0.39 is 0 Å². The zero-order valence-corrected chi connectivity index (χ0v) is 17.8. The number of likely N-dealkylation sites (N-methyl/N-ethyl adjacent to an activating group) is 2. The van der Waals surface area contributed by atoms with E-state index in [2.05, 4.69) is 30.7 Å². The minimum atomic E-state index is -0.379. The van der Waals surface area contributed by atoms with E-state index in [1.54, 1.807) is 0 Å². The average molecular weight is 403 g/mol. The van der Waals surface area contributed by atoms with Crippen LogP contribution in [0, 0.1) is 0 Å². The quantitative estimate of drug-likeness (QED) is 0.340. The van der Waals surface area contributed by atoms with Crippen LogP contribution in [0.4, 0.5) is 0 Å². The first-order valence-corrected chi connectivity index (χ1v) is 11.0. The summed E-state index contributed by atoms with van der Waals surface area (Å²) in [6.07, 6.45) is 2.41. The summed E-state index contributed by atoms with van der Waals surface area (Å²) in [6, 6.07) is 10.6. The number of epoxide rings is 1. The molecule has 3 aliphatic heterocycles. The molecule has 6 nitrogen and oxygen atoms in total. The van der Waals surface area contributed by atoms with Crippen LogP contribution >= 0.6 is 0 Å². The Kier molecular flexibility index (Phi) is 6.54. The minimum Gasteiger partial charge on any atom is -0.462 e. The molecule has 0 radical (unpaired) electrons. The summed E-state index contributed by atoms with van der Waals surface area (Å²) in [7, 11) is 2.17. The fourth-order valence-corrected chi connectivity index (χ4v) is 4.96. The number of carbonyl (C=O) groups is 1. The van der Waals surface area contributed by atoms with E-state index >= 15 is 0 Å². The topological polar surface area (TPSA) is 54.5 Å². The molecule has 4 rings (SSSR count). The third-order valence-electron chi connectivity index (χ3n) is 6.88. The zero-order valence-electron chi connectivity index (χ0n) is 17.8. The Morgan fingerprint density at radius 3 is 2.45 bits per heavy atom. The summed E-state index contributed by atoms with van der Waals surface area (Å²) in [4.78, 5) is 17.8. The molecule has 1 aromatic carbocycles. The Labute approximate surface area is 174 Å². The monoisotopic (exact) mass is 402 g/mol. The molecule has 1 aromatic rings. The lowest BCUT2D eigenvalue weighted by atomic mass is 9.97. The van der Waals surface area contributed by atoms with Crippen LogP contribution in [-0.2, 0) is 19.0 Å². The summed E-state index contributed by atoms with van der Waals surface area (Å²) < 4.78 is 17.7. The number of benzene rings is 1. The molecule has 3 aliphatic rings. The van der Waals surface area contributed by atoms with Crippen LogP contribution in [0.5, 0.6) is 0 Å². The van der Waals surface area contributed by atoms with Crippen LogP contribution < -0.4 is 0 Å². The summed E-state index contributed by atoms with van der Waals surface area (Å²) in [5.41, 5.74) is 0.961. The fourth-order valence-electron chi connectivity index (χ4n) is 4.96. The van der Waals surface area contributed by atoms with Gasteiger partial charge in [-0.2, -0.15) is 0 Å². The van der Waals surface area contributed by atoms with Gasteiger partial charge in [-0.1, -0.05) is 44.2 Å². The van der Waals surface area contributed by atoms with Crippen LogP contribution in [0.15, 0.2) is 30.3 Å². The van der Waals surface area contributed by atoms with E-state index in [-0.39, 0.29) is 18.0 Å². The maximum atomic E-state index is 13.1. The first kappa shape index (κ1) is 20.8. The lowest BCUT2D eigenvalue weighted by molar-refractivity contribution is -0.157. The first-order chi connectivity index (χ1) is 14.1. The number of hydrogen-bond acceptors (Lipinski definition) is 6. The molecule has 3 heterocycles. The SMILES string of the molecule is CCN(CC)CCOC[C@@H](C(=O)O[C@@H]1C[C@@H]2[C@H]3O[C@H]3[C@H](C1)N2C)c1ccccc1. The first-order valence-electron chi connectivity index (χ1n) is 11.0. The average Bonchev–Trinajstić information content (AvgIpc) is 3.50. The Morgan fingerprint density at radius 1 is 1.17 bits per heavy atom. The second kappa shape index (κ2) is 9.13. The van der Waals surface area contributed by atoms with Gasteiger partial charge in [0, 0.05) is 31.5 Å². The lowest BCUT2D eigenvalue weighted by Gasteiger charge is -2.38. The third kappa shape index (κ3) is 4.50. The number of nitrogens with zero attached hydrogens (tertiary/aromatic N) is 2. The molecule has 0 aliphatic carbocycles. The van der Waals surface area contributed by atoms with Crippen LogP contribution in [0.25, 0.3) is 0 Å². The van der Waals surface area contributed by atoms with Crippen molar-refractivity contribution >= 4 is 5.97 Å².